The van der Waals surface area contributed by atoms with Crippen molar-refractivity contribution in [2.45, 2.75) is 33.9 Å². The Morgan fingerprint density at radius 2 is 1.29 bits per heavy atom. The van der Waals surface area contributed by atoms with Gasteiger partial charge in [0.05, 0.1) is 24.8 Å². The Morgan fingerprint density at radius 1 is 0.621 bits per heavy atom. The molecule has 0 atom stereocenters. The Balaban J connectivity index is 1.06. The highest BCUT2D eigenvalue weighted by Gasteiger charge is 2.42. The predicted octanol–water partition coefficient (Wildman–Crippen LogP) is 9.03. The molecule has 0 saturated carbocycles. The fraction of sp³-hybridized carbons (Fsp3) is 0.167. The largest absolute Gasteiger partial charge is 0.497 e. The van der Waals surface area contributed by atoms with E-state index in [2.05, 4.69) is 22.0 Å². The van der Waals surface area contributed by atoms with E-state index in [1.54, 1.807) is 30.6 Å². The second-order valence-corrected chi connectivity index (χ2v) is 16.2. The van der Waals surface area contributed by atoms with E-state index >= 15 is 0 Å². The number of rotatable bonds is 11. The van der Waals surface area contributed by atoms with Crippen LogP contribution in [0.1, 0.15) is 58.4 Å². The van der Waals surface area contributed by atoms with Crippen molar-refractivity contribution in [1.29, 1.82) is 0 Å². The fourth-order valence-electron chi connectivity index (χ4n) is 8.53. The average Bonchev–Trinajstić information content (AvgIpc) is 3.80. The van der Waals surface area contributed by atoms with E-state index < -0.39 is 0 Å². The van der Waals surface area contributed by atoms with Gasteiger partial charge < -0.3 is 14.6 Å². The van der Waals surface area contributed by atoms with Gasteiger partial charge in [-0.1, -0.05) is 72.8 Å². The van der Waals surface area contributed by atoms with E-state index in [4.69, 9.17) is 4.74 Å². The summed E-state index contributed by atoms with van der Waals surface area (Å²) in [7, 11) is 1.62. The monoisotopic (exact) mass is 784 g/mol. The fourth-order valence-corrected chi connectivity index (χ4v) is 9.46. The molecular formula is C48H40N4O5S. The second-order valence-electron chi connectivity index (χ2n) is 14.8. The summed E-state index contributed by atoms with van der Waals surface area (Å²) in [5.74, 6) is -0.746. The quantitative estimate of drug-likeness (QED) is 0.132. The van der Waals surface area contributed by atoms with Crippen molar-refractivity contribution in [2.24, 2.45) is 0 Å². The third kappa shape index (κ3) is 6.08. The van der Waals surface area contributed by atoms with Gasteiger partial charge in [0.1, 0.15) is 5.75 Å². The van der Waals surface area contributed by atoms with Gasteiger partial charge in [-0.05, 0) is 74.4 Å². The van der Waals surface area contributed by atoms with Crippen LogP contribution in [0.3, 0.4) is 0 Å². The molecule has 0 saturated heterocycles. The molecule has 7 aromatic rings. The van der Waals surface area contributed by atoms with Crippen LogP contribution >= 0.6 is 11.3 Å². The lowest BCUT2D eigenvalue weighted by molar-refractivity contribution is -0.135. The van der Waals surface area contributed by atoms with Crippen LogP contribution in [0, 0.1) is 20.8 Å². The topological polar surface area (TPSA) is 101 Å². The molecule has 0 fully saturated rings. The number of anilines is 1. The van der Waals surface area contributed by atoms with Crippen LogP contribution in [0.2, 0.25) is 0 Å². The van der Waals surface area contributed by atoms with Gasteiger partial charge in [-0.2, -0.15) is 0 Å². The number of methoxy groups -OCH3 is 1. The number of aromatic nitrogens is 1. The van der Waals surface area contributed by atoms with Crippen molar-refractivity contribution < 1.29 is 23.9 Å². The van der Waals surface area contributed by atoms with Crippen molar-refractivity contribution in [2.75, 3.05) is 25.5 Å². The van der Waals surface area contributed by atoms with Gasteiger partial charge in [-0.25, -0.2) is 0 Å². The Kier molecular flexibility index (Phi) is 9.29. The van der Waals surface area contributed by atoms with Crippen LogP contribution < -0.4 is 10.1 Å². The molecule has 4 heterocycles. The Bertz CT molecular complexity index is 2850. The van der Waals surface area contributed by atoms with Gasteiger partial charge in [0.2, 0.25) is 0 Å². The molecule has 2 aromatic heterocycles. The smallest absolute Gasteiger partial charge is 0.262 e. The van der Waals surface area contributed by atoms with Gasteiger partial charge in [0.15, 0.2) is 0 Å². The summed E-state index contributed by atoms with van der Waals surface area (Å²) < 4.78 is 7.87. The number of fused-ring (bicyclic) bond motifs is 1. The first-order valence-corrected chi connectivity index (χ1v) is 20.0. The summed E-state index contributed by atoms with van der Waals surface area (Å²) in [6.07, 6.45) is 0. The number of hydrogen-bond donors (Lipinski definition) is 1. The minimum Gasteiger partial charge on any atom is -0.497 e. The molecular weight excluding hydrogens is 745 g/mol. The Morgan fingerprint density at radius 3 is 1.97 bits per heavy atom. The summed E-state index contributed by atoms with van der Waals surface area (Å²) in [6.45, 7) is 7.09. The van der Waals surface area contributed by atoms with Gasteiger partial charge in [-0.15, -0.1) is 11.3 Å². The summed E-state index contributed by atoms with van der Waals surface area (Å²) in [5, 5.41) is 5.57. The maximum atomic E-state index is 14.9. The lowest BCUT2D eigenvalue weighted by Crippen LogP contribution is -2.39. The molecule has 0 spiro atoms. The molecule has 9 nitrogen and oxygen atoms in total. The number of carbonyl (C=O) groups excluding carboxylic acids is 4. The van der Waals surface area contributed by atoms with Crippen molar-refractivity contribution >= 4 is 73.5 Å². The Hall–Kier alpha value is -6.78. The highest BCUT2D eigenvalue weighted by atomic mass is 32.1. The number of nitrogens with one attached hydrogen (secondary N) is 1. The first-order chi connectivity index (χ1) is 28.1. The van der Waals surface area contributed by atoms with Gasteiger partial charge in [0, 0.05) is 84.7 Å². The predicted molar refractivity (Wildman–Crippen MR) is 229 cm³/mol. The second kappa shape index (κ2) is 14.6. The number of amides is 4. The SMILES string of the molecule is COc1ccc2c(c1)c(C1=C(c3cc(C)sc3C)C(=O)N(CCNc3ccc4c5c(cccc35)C(=O)N(Cc3ccccc3)C4=O)C1=O)c(C)n2Cc1ccccc1. The number of benzene rings is 5. The molecule has 288 valence electrons. The summed E-state index contributed by atoms with van der Waals surface area (Å²) in [6, 6.07) is 36.5. The summed E-state index contributed by atoms with van der Waals surface area (Å²) in [4.78, 5) is 61.6. The average molecular weight is 785 g/mol. The number of nitrogens with zero attached hydrogens (tertiary/aromatic N) is 3. The number of hydrogen-bond acceptors (Lipinski definition) is 7. The van der Waals surface area contributed by atoms with Crippen LogP contribution in [0.4, 0.5) is 5.69 Å². The molecule has 58 heavy (non-hydrogen) atoms. The van der Waals surface area contributed by atoms with Gasteiger partial charge >= 0.3 is 0 Å². The maximum absolute atomic E-state index is 14.9. The zero-order valence-corrected chi connectivity index (χ0v) is 33.4. The number of carbonyl (C=O) groups is 4. The van der Waals surface area contributed by atoms with Crippen LogP contribution in [-0.4, -0.2) is 58.2 Å². The number of thiophene rings is 1. The lowest BCUT2D eigenvalue weighted by atomic mass is 9.92. The number of imide groups is 2. The molecule has 5 aromatic carbocycles. The van der Waals surface area contributed by atoms with Crippen molar-refractivity contribution in [1.82, 2.24) is 14.4 Å². The van der Waals surface area contributed by atoms with E-state index in [0.29, 0.717) is 45.6 Å². The van der Waals surface area contributed by atoms with E-state index in [9.17, 15) is 19.2 Å². The zero-order chi connectivity index (χ0) is 40.2. The van der Waals surface area contributed by atoms with Gasteiger partial charge in [0.25, 0.3) is 23.6 Å². The molecule has 9 rings (SSSR count). The standard InChI is InChI=1S/C48H40N4O5S/c1-28-24-37(30(3)58-28)43-44(41-29(2)51(26-31-12-7-5-8-13-31)40-21-18-33(57-4)25-38(40)41)48(56)50(47(43)55)23-22-49-39-20-19-36-42-34(39)16-11-17-35(42)45(53)52(46(36)54)27-32-14-9-6-10-15-32/h5-21,24-25,49H,22-23,26-27H2,1-4H3. The summed E-state index contributed by atoms with van der Waals surface area (Å²) in [5.41, 5.74) is 7.65. The molecule has 0 unspecified atom stereocenters. The molecule has 2 aliphatic rings. The van der Waals surface area contributed by atoms with Crippen molar-refractivity contribution in [3.8, 4) is 5.75 Å². The van der Waals surface area contributed by atoms with Crippen molar-refractivity contribution in [3.63, 3.8) is 0 Å². The molecule has 10 heteroatoms. The molecule has 2 aliphatic heterocycles. The van der Waals surface area contributed by atoms with E-state index in [1.165, 1.54) is 9.80 Å². The third-order valence-corrected chi connectivity index (χ3v) is 12.2. The molecule has 0 radical (unpaired) electrons. The maximum Gasteiger partial charge on any atom is 0.262 e. The van der Waals surface area contributed by atoms with Crippen LogP contribution in [0.15, 0.2) is 115 Å². The minimum absolute atomic E-state index is 0.0868. The normalized spacial score (nSPS) is 14.1. The Labute approximate surface area is 339 Å². The van der Waals surface area contributed by atoms with Crippen molar-refractivity contribution in [3.05, 3.63) is 164 Å². The molecule has 0 aliphatic carbocycles. The highest BCUT2D eigenvalue weighted by molar-refractivity contribution is 7.12. The first-order valence-electron chi connectivity index (χ1n) is 19.2. The van der Waals surface area contributed by atoms with Crippen LogP contribution in [-0.2, 0) is 22.7 Å². The van der Waals surface area contributed by atoms with E-state index in [0.717, 1.165) is 54.0 Å². The molecule has 0 bridgehead atoms. The molecule has 4 amide bonds. The zero-order valence-electron chi connectivity index (χ0n) is 32.6. The lowest BCUT2D eigenvalue weighted by Gasteiger charge is -2.28. The van der Waals surface area contributed by atoms with Crippen LogP contribution in [0.5, 0.6) is 5.75 Å². The van der Waals surface area contributed by atoms with Crippen LogP contribution in [0.25, 0.3) is 32.8 Å². The van der Waals surface area contributed by atoms with E-state index in [-0.39, 0.29) is 43.3 Å². The molecule has 1 N–H and O–H groups in total. The third-order valence-electron chi connectivity index (χ3n) is 11.3. The van der Waals surface area contributed by atoms with E-state index in [1.807, 2.05) is 112 Å². The highest BCUT2D eigenvalue weighted by Crippen LogP contribution is 2.44. The number of aryl methyl sites for hydroxylation is 2. The minimum atomic E-state index is -0.360. The van der Waals surface area contributed by atoms with Gasteiger partial charge in [-0.3, -0.25) is 29.0 Å². The first kappa shape index (κ1) is 36.8. The number of ether oxygens (including phenoxy) is 1. The summed E-state index contributed by atoms with van der Waals surface area (Å²) >= 11 is 1.60.